The van der Waals surface area contributed by atoms with Gasteiger partial charge in [-0.25, -0.2) is 14.5 Å². The summed E-state index contributed by atoms with van der Waals surface area (Å²) in [5, 5.41) is 2.82. The molecule has 8 nitrogen and oxygen atoms in total. The summed E-state index contributed by atoms with van der Waals surface area (Å²) in [5.74, 6) is 0.491. The Morgan fingerprint density at radius 1 is 1.03 bits per heavy atom. The van der Waals surface area contributed by atoms with Gasteiger partial charge in [-0.1, -0.05) is 6.07 Å². The standard InChI is InChI=1S/C21H22N4O4S/c1-12-22-18-9-8-15(11-19(18)29-12)24-30(27,28)25-21(26)23-20-16-6-2-4-13(16)10-14-5-3-7-17(14)20/h8-11,24H,2-7H2,1H3,(H2,23,25,26). The third kappa shape index (κ3) is 3.49. The Morgan fingerprint density at radius 2 is 1.73 bits per heavy atom. The molecule has 2 aliphatic rings. The second-order valence-electron chi connectivity index (χ2n) is 7.81. The Balaban J connectivity index is 1.34. The van der Waals surface area contributed by atoms with Gasteiger partial charge in [0, 0.05) is 18.7 Å². The molecule has 3 aromatic rings. The largest absolute Gasteiger partial charge is 0.441 e. The molecule has 2 aromatic carbocycles. The average molecular weight is 426 g/mol. The summed E-state index contributed by atoms with van der Waals surface area (Å²) in [5.41, 5.74) is 6.99. The number of benzene rings is 2. The number of hydrogen-bond donors (Lipinski definition) is 3. The molecule has 0 saturated heterocycles. The van der Waals surface area contributed by atoms with Crippen molar-refractivity contribution in [3.8, 4) is 0 Å². The van der Waals surface area contributed by atoms with Crippen LogP contribution in [0, 0.1) is 6.92 Å². The van der Waals surface area contributed by atoms with Crippen molar-refractivity contribution in [2.75, 3.05) is 10.0 Å². The van der Waals surface area contributed by atoms with Crippen LogP contribution >= 0.6 is 0 Å². The smallest absolute Gasteiger partial charge is 0.334 e. The molecule has 2 amide bonds. The second-order valence-corrected chi connectivity index (χ2v) is 9.23. The SMILES string of the molecule is Cc1nc2ccc(NS(=O)(=O)NC(=O)Nc3c4c(cc5c3CCC5)CCC4)cc2o1. The number of rotatable bonds is 4. The highest BCUT2D eigenvalue weighted by Gasteiger charge is 2.26. The van der Waals surface area contributed by atoms with Crippen LogP contribution in [0.1, 0.15) is 41.0 Å². The number of amides is 2. The number of aromatic nitrogens is 1. The van der Waals surface area contributed by atoms with Crippen LogP contribution < -0.4 is 14.8 Å². The summed E-state index contributed by atoms with van der Waals surface area (Å²) in [7, 11) is -4.12. The van der Waals surface area contributed by atoms with Crippen LogP contribution in [0.2, 0.25) is 0 Å². The maximum absolute atomic E-state index is 12.6. The number of carbonyl (C=O) groups excluding carboxylic acids is 1. The molecule has 3 N–H and O–H groups in total. The summed E-state index contributed by atoms with van der Waals surface area (Å²) in [6.07, 6.45) is 5.92. The number of fused-ring (bicyclic) bond motifs is 3. The molecule has 1 heterocycles. The van der Waals surface area contributed by atoms with Gasteiger partial charge in [0.05, 0.1) is 5.69 Å². The zero-order valence-electron chi connectivity index (χ0n) is 16.5. The summed E-state index contributed by atoms with van der Waals surface area (Å²) < 4.78 is 34.8. The molecule has 0 atom stereocenters. The fraction of sp³-hybridized carbons (Fsp3) is 0.333. The number of hydrogen-bond acceptors (Lipinski definition) is 5. The average Bonchev–Trinajstić information content (AvgIpc) is 3.38. The lowest BCUT2D eigenvalue weighted by atomic mass is 9.99. The lowest BCUT2D eigenvalue weighted by Crippen LogP contribution is -2.38. The van der Waals surface area contributed by atoms with Gasteiger partial charge < -0.3 is 9.73 Å². The minimum Gasteiger partial charge on any atom is -0.441 e. The third-order valence-corrected chi connectivity index (χ3v) is 6.64. The molecule has 1 aromatic heterocycles. The number of carbonyl (C=O) groups is 1. The van der Waals surface area contributed by atoms with Crippen LogP contribution in [0.15, 0.2) is 28.7 Å². The molecule has 0 spiro atoms. The molecule has 0 aliphatic heterocycles. The molecule has 2 aliphatic carbocycles. The monoisotopic (exact) mass is 426 g/mol. The van der Waals surface area contributed by atoms with Gasteiger partial charge in [-0.05, 0) is 72.9 Å². The number of nitrogens with one attached hydrogen (secondary N) is 3. The Kier molecular flexibility index (Phi) is 4.43. The van der Waals surface area contributed by atoms with Crippen molar-refractivity contribution >= 4 is 38.7 Å². The van der Waals surface area contributed by atoms with Crippen molar-refractivity contribution in [2.24, 2.45) is 0 Å². The van der Waals surface area contributed by atoms with Crippen molar-refractivity contribution in [3.05, 3.63) is 52.4 Å². The summed E-state index contributed by atoms with van der Waals surface area (Å²) in [4.78, 5) is 16.7. The lowest BCUT2D eigenvalue weighted by molar-refractivity contribution is 0.256. The van der Waals surface area contributed by atoms with Crippen LogP contribution in [0.3, 0.4) is 0 Å². The van der Waals surface area contributed by atoms with E-state index in [0.717, 1.165) is 55.3 Å². The van der Waals surface area contributed by atoms with Gasteiger partial charge in [0.15, 0.2) is 11.5 Å². The molecular weight excluding hydrogens is 404 g/mol. The normalized spacial score (nSPS) is 15.1. The Hall–Kier alpha value is -3.07. The molecule has 9 heteroatoms. The van der Waals surface area contributed by atoms with Crippen LogP contribution in [-0.4, -0.2) is 19.4 Å². The molecule has 0 fully saturated rings. The van der Waals surface area contributed by atoms with Gasteiger partial charge in [0.1, 0.15) is 5.52 Å². The van der Waals surface area contributed by atoms with Crippen LogP contribution in [-0.2, 0) is 35.9 Å². The minimum atomic E-state index is -4.12. The fourth-order valence-corrected chi connectivity index (χ4v) is 5.30. The summed E-state index contributed by atoms with van der Waals surface area (Å²) in [6.45, 7) is 1.72. The Bertz CT molecular complexity index is 1250. The highest BCUT2D eigenvalue weighted by molar-refractivity contribution is 7.91. The van der Waals surface area contributed by atoms with Crippen LogP contribution in [0.25, 0.3) is 11.1 Å². The van der Waals surface area contributed by atoms with Gasteiger partial charge in [-0.3, -0.25) is 4.72 Å². The van der Waals surface area contributed by atoms with E-state index < -0.39 is 16.2 Å². The number of aryl methyl sites for hydroxylation is 3. The Labute approximate surface area is 174 Å². The maximum atomic E-state index is 12.6. The Morgan fingerprint density at radius 3 is 2.43 bits per heavy atom. The molecule has 0 unspecified atom stereocenters. The molecular formula is C21H22N4O4S. The summed E-state index contributed by atoms with van der Waals surface area (Å²) in [6, 6.07) is 6.24. The van der Waals surface area contributed by atoms with Gasteiger partial charge in [-0.15, -0.1) is 0 Å². The van der Waals surface area contributed by atoms with Gasteiger partial charge in [0.25, 0.3) is 0 Å². The quantitative estimate of drug-likeness (QED) is 0.590. The number of urea groups is 1. The van der Waals surface area contributed by atoms with E-state index in [0.29, 0.717) is 17.0 Å². The third-order valence-electron chi connectivity index (χ3n) is 5.69. The lowest BCUT2D eigenvalue weighted by Gasteiger charge is -2.17. The van der Waals surface area contributed by atoms with Gasteiger partial charge in [-0.2, -0.15) is 8.42 Å². The van der Waals surface area contributed by atoms with E-state index in [1.54, 1.807) is 19.1 Å². The minimum absolute atomic E-state index is 0.278. The van der Waals surface area contributed by atoms with E-state index >= 15 is 0 Å². The molecule has 156 valence electrons. The first-order chi connectivity index (χ1) is 14.4. The van der Waals surface area contributed by atoms with E-state index in [1.807, 2.05) is 0 Å². The molecule has 0 bridgehead atoms. The molecule has 0 radical (unpaired) electrons. The number of anilines is 2. The van der Waals surface area contributed by atoms with Crippen LogP contribution in [0.5, 0.6) is 0 Å². The first kappa shape index (κ1) is 18.9. The van der Waals surface area contributed by atoms with E-state index in [2.05, 4.69) is 25.8 Å². The van der Waals surface area contributed by atoms with E-state index in [9.17, 15) is 13.2 Å². The topological polar surface area (TPSA) is 113 Å². The fourth-order valence-electron chi connectivity index (χ4n) is 4.51. The predicted octanol–water partition coefficient (Wildman–Crippen LogP) is 3.59. The van der Waals surface area contributed by atoms with Crippen molar-refractivity contribution < 1.29 is 17.6 Å². The maximum Gasteiger partial charge on any atom is 0.334 e. The highest BCUT2D eigenvalue weighted by atomic mass is 32.2. The molecule has 5 rings (SSSR count). The first-order valence-electron chi connectivity index (χ1n) is 10.0. The van der Waals surface area contributed by atoms with E-state index in [1.165, 1.54) is 17.2 Å². The number of oxazole rings is 1. The van der Waals surface area contributed by atoms with Crippen molar-refractivity contribution in [1.82, 2.24) is 9.71 Å². The predicted molar refractivity (Wildman–Crippen MR) is 114 cm³/mol. The molecule has 0 saturated carbocycles. The van der Waals surface area contributed by atoms with Gasteiger partial charge in [0.2, 0.25) is 0 Å². The summed E-state index contributed by atoms with van der Waals surface area (Å²) >= 11 is 0. The highest BCUT2D eigenvalue weighted by Crippen LogP contribution is 2.38. The van der Waals surface area contributed by atoms with Crippen LogP contribution in [0.4, 0.5) is 16.2 Å². The van der Waals surface area contributed by atoms with E-state index in [4.69, 9.17) is 4.42 Å². The zero-order valence-corrected chi connectivity index (χ0v) is 17.4. The molecule has 30 heavy (non-hydrogen) atoms. The van der Waals surface area contributed by atoms with E-state index in [-0.39, 0.29) is 5.69 Å². The number of nitrogens with zero attached hydrogens (tertiary/aromatic N) is 1. The van der Waals surface area contributed by atoms with Gasteiger partial charge >= 0.3 is 16.2 Å². The van der Waals surface area contributed by atoms with Crippen molar-refractivity contribution in [1.29, 1.82) is 0 Å². The van der Waals surface area contributed by atoms with Crippen molar-refractivity contribution in [2.45, 2.75) is 45.4 Å². The second kappa shape index (κ2) is 7.02. The van der Waals surface area contributed by atoms with Crippen molar-refractivity contribution in [3.63, 3.8) is 0 Å². The first-order valence-corrected chi connectivity index (χ1v) is 11.5. The zero-order chi connectivity index (χ0) is 20.9.